The molecule has 15 heavy (non-hydrogen) atoms. The van der Waals surface area contributed by atoms with Crippen molar-refractivity contribution < 1.29 is 22.7 Å². The quantitative estimate of drug-likeness (QED) is 0.741. The summed E-state index contributed by atoms with van der Waals surface area (Å²) in [5.41, 5.74) is -1.75. The number of carbonyl (C=O) groups excluding carboxylic acids is 1. The van der Waals surface area contributed by atoms with Gasteiger partial charge in [-0.15, -0.1) is 0 Å². The summed E-state index contributed by atoms with van der Waals surface area (Å²) in [5, 5.41) is 0. The molecule has 1 heterocycles. The summed E-state index contributed by atoms with van der Waals surface area (Å²) >= 11 is 2.59. The molecule has 1 rings (SSSR count). The molecule has 1 aromatic heterocycles. The summed E-state index contributed by atoms with van der Waals surface area (Å²) in [7, 11) is 1.04. The molecule has 4 nitrogen and oxygen atoms in total. The first-order valence-corrected chi connectivity index (χ1v) is 4.33. The molecule has 0 fully saturated rings. The maximum atomic E-state index is 12.3. The van der Waals surface area contributed by atoms with Crippen LogP contribution in [0.4, 0.5) is 13.2 Å². The van der Waals surface area contributed by atoms with Gasteiger partial charge in [0.25, 0.3) is 0 Å². The van der Waals surface area contributed by atoms with E-state index in [9.17, 15) is 18.0 Å². The van der Waals surface area contributed by atoms with E-state index in [0.29, 0.717) is 0 Å². The largest absolute Gasteiger partial charge is 0.464 e. The van der Waals surface area contributed by atoms with Crippen molar-refractivity contribution >= 4 is 21.9 Å². The lowest BCUT2D eigenvalue weighted by Crippen LogP contribution is -2.14. The molecule has 1 aromatic rings. The molecule has 0 saturated heterocycles. The SMILES string of the molecule is COC(=O)c1cnc(Br)c(C(F)(F)F)n1. The molecule has 0 aliphatic carbocycles. The predicted octanol–water partition coefficient (Wildman–Crippen LogP) is 2.04. The fraction of sp³-hybridized carbons (Fsp3) is 0.286. The molecule has 0 saturated carbocycles. The Labute approximate surface area is 90.6 Å². The van der Waals surface area contributed by atoms with Gasteiger partial charge < -0.3 is 4.74 Å². The standard InChI is InChI=1S/C7H4BrF3N2O2/c1-15-6(14)3-2-12-5(8)4(13-3)7(9,10)11/h2H,1H3. The molecule has 0 atom stereocenters. The monoisotopic (exact) mass is 284 g/mol. The van der Waals surface area contributed by atoms with Gasteiger partial charge >= 0.3 is 12.1 Å². The number of rotatable bonds is 1. The molecule has 0 aliphatic heterocycles. The number of carbonyl (C=O) groups is 1. The molecule has 0 unspecified atom stereocenters. The maximum absolute atomic E-state index is 12.3. The molecular formula is C7H4BrF3N2O2. The van der Waals surface area contributed by atoms with Crippen LogP contribution in [-0.4, -0.2) is 23.0 Å². The van der Waals surface area contributed by atoms with Gasteiger partial charge in [-0.2, -0.15) is 13.2 Å². The lowest BCUT2D eigenvalue weighted by atomic mass is 10.4. The summed E-state index contributed by atoms with van der Waals surface area (Å²) in [6.45, 7) is 0. The highest BCUT2D eigenvalue weighted by Gasteiger charge is 2.36. The fourth-order valence-corrected chi connectivity index (χ4v) is 1.17. The van der Waals surface area contributed by atoms with Crippen molar-refractivity contribution in [2.45, 2.75) is 6.18 Å². The number of nitrogens with zero attached hydrogens (tertiary/aromatic N) is 2. The van der Waals surface area contributed by atoms with E-state index in [4.69, 9.17) is 0 Å². The van der Waals surface area contributed by atoms with Gasteiger partial charge in [-0.25, -0.2) is 14.8 Å². The Morgan fingerprint density at radius 1 is 1.53 bits per heavy atom. The van der Waals surface area contributed by atoms with Crippen LogP contribution in [0.5, 0.6) is 0 Å². The number of alkyl halides is 3. The third-order valence-electron chi connectivity index (χ3n) is 1.39. The zero-order valence-corrected chi connectivity index (χ0v) is 8.89. The minimum atomic E-state index is -4.67. The van der Waals surface area contributed by atoms with Gasteiger partial charge in [0.15, 0.2) is 11.4 Å². The highest BCUT2D eigenvalue weighted by atomic mass is 79.9. The second-order valence-electron chi connectivity index (χ2n) is 2.38. The Hall–Kier alpha value is -1.18. The average molecular weight is 285 g/mol. The van der Waals surface area contributed by atoms with Crippen LogP contribution in [-0.2, 0) is 10.9 Å². The van der Waals surface area contributed by atoms with Gasteiger partial charge in [0, 0.05) is 0 Å². The number of hydrogen-bond donors (Lipinski definition) is 0. The summed E-state index contributed by atoms with van der Waals surface area (Å²) < 4.78 is 40.7. The van der Waals surface area contributed by atoms with E-state index >= 15 is 0 Å². The van der Waals surface area contributed by atoms with Crippen molar-refractivity contribution in [2.75, 3.05) is 7.11 Å². The Kier molecular flexibility index (Phi) is 3.28. The summed E-state index contributed by atoms with van der Waals surface area (Å²) in [4.78, 5) is 17.3. The van der Waals surface area contributed by atoms with Gasteiger partial charge in [0.05, 0.1) is 13.3 Å². The summed E-state index contributed by atoms with van der Waals surface area (Å²) in [5.74, 6) is -0.972. The van der Waals surface area contributed by atoms with Crippen LogP contribution in [0.15, 0.2) is 10.8 Å². The minimum absolute atomic E-state index is 0.470. The highest BCUT2D eigenvalue weighted by Crippen LogP contribution is 2.31. The second kappa shape index (κ2) is 4.13. The summed E-state index contributed by atoms with van der Waals surface area (Å²) in [6.07, 6.45) is -3.78. The van der Waals surface area contributed by atoms with Crippen molar-refractivity contribution in [3.05, 3.63) is 22.2 Å². The Morgan fingerprint density at radius 3 is 2.60 bits per heavy atom. The average Bonchev–Trinajstić information content (AvgIpc) is 2.15. The normalized spacial score (nSPS) is 11.3. The Balaban J connectivity index is 3.23. The van der Waals surface area contributed by atoms with Gasteiger partial charge in [0.1, 0.15) is 4.60 Å². The smallest absolute Gasteiger partial charge is 0.436 e. The van der Waals surface area contributed by atoms with Gasteiger partial charge in [-0.05, 0) is 15.9 Å². The fourth-order valence-electron chi connectivity index (χ4n) is 0.758. The topological polar surface area (TPSA) is 52.1 Å². The third kappa shape index (κ3) is 2.65. The molecule has 8 heteroatoms. The number of halogens is 4. The summed E-state index contributed by atoms with van der Waals surface area (Å²) in [6, 6.07) is 0. The van der Waals surface area contributed by atoms with Crippen LogP contribution < -0.4 is 0 Å². The third-order valence-corrected chi connectivity index (χ3v) is 1.97. The zero-order chi connectivity index (χ0) is 11.6. The van der Waals surface area contributed by atoms with Crippen molar-refractivity contribution in [2.24, 2.45) is 0 Å². The number of ether oxygens (including phenoxy) is 1. The van der Waals surface area contributed by atoms with E-state index in [1.165, 1.54) is 0 Å². The van der Waals surface area contributed by atoms with Crippen molar-refractivity contribution in [1.29, 1.82) is 0 Å². The first-order chi connectivity index (χ1) is 6.86. The van der Waals surface area contributed by atoms with Crippen LogP contribution in [0.2, 0.25) is 0 Å². The maximum Gasteiger partial charge on any atom is 0.436 e. The van der Waals surface area contributed by atoms with E-state index < -0.39 is 28.1 Å². The predicted molar refractivity (Wildman–Crippen MR) is 46.1 cm³/mol. The Morgan fingerprint density at radius 2 is 2.13 bits per heavy atom. The van der Waals surface area contributed by atoms with Crippen LogP contribution >= 0.6 is 15.9 Å². The van der Waals surface area contributed by atoms with Crippen LogP contribution in [0.1, 0.15) is 16.2 Å². The van der Waals surface area contributed by atoms with E-state index in [-0.39, 0.29) is 0 Å². The van der Waals surface area contributed by atoms with Crippen molar-refractivity contribution in [1.82, 2.24) is 9.97 Å². The van der Waals surface area contributed by atoms with E-state index in [0.717, 1.165) is 13.3 Å². The molecule has 0 amide bonds. The molecule has 0 aliphatic rings. The number of esters is 1. The number of hydrogen-bond acceptors (Lipinski definition) is 4. The van der Waals surface area contributed by atoms with E-state index in [2.05, 4.69) is 30.6 Å². The molecule has 0 radical (unpaired) electrons. The van der Waals surface area contributed by atoms with Crippen LogP contribution in [0, 0.1) is 0 Å². The highest BCUT2D eigenvalue weighted by molar-refractivity contribution is 9.10. The minimum Gasteiger partial charge on any atom is -0.464 e. The number of aromatic nitrogens is 2. The molecular weight excluding hydrogens is 281 g/mol. The number of methoxy groups -OCH3 is 1. The first-order valence-electron chi connectivity index (χ1n) is 3.54. The van der Waals surface area contributed by atoms with Crippen LogP contribution in [0.25, 0.3) is 0 Å². The lowest BCUT2D eigenvalue weighted by molar-refractivity contribution is -0.142. The molecule has 0 spiro atoms. The molecule has 82 valence electrons. The van der Waals surface area contributed by atoms with Gasteiger partial charge in [-0.1, -0.05) is 0 Å². The van der Waals surface area contributed by atoms with E-state index in [1.807, 2.05) is 0 Å². The van der Waals surface area contributed by atoms with Gasteiger partial charge in [0.2, 0.25) is 0 Å². The second-order valence-corrected chi connectivity index (χ2v) is 3.14. The van der Waals surface area contributed by atoms with Crippen molar-refractivity contribution in [3.8, 4) is 0 Å². The van der Waals surface area contributed by atoms with Gasteiger partial charge in [-0.3, -0.25) is 0 Å². The van der Waals surface area contributed by atoms with Crippen LogP contribution in [0.3, 0.4) is 0 Å². The molecule has 0 bridgehead atoms. The molecule has 0 N–H and O–H groups in total. The van der Waals surface area contributed by atoms with E-state index in [1.54, 1.807) is 0 Å². The first kappa shape index (κ1) is 11.9. The Bertz CT molecular complexity index is 394. The zero-order valence-electron chi connectivity index (χ0n) is 7.30. The van der Waals surface area contributed by atoms with Crippen molar-refractivity contribution in [3.63, 3.8) is 0 Å². The lowest BCUT2D eigenvalue weighted by Gasteiger charge is -2.07. The molecule has 0 aromatic carbocycles.